The largest absolute Gasteiger partial charge is 0.468 e. The van der Waals surface area contributed by atoms with E-state index >= 15 is 0 Å². The summed E-state index contributed by atoms with van der Waals surface area (Å²) in [4.78, 5) is 0. The van der Waals surface area contributed by atoms with Crippen molar-refractivity contribution in [2.45, 2.75) is 46.3 Å². The van der Waals surface area contributed by atoms with E-state index in [1.807, 2.05) is 12.1 Å². The van der Waals surface area contributed by atoms with Crippen molar-refractivity contribution in [2.24, 2.45) is 0 Å². The second-order valence-electron chi connectivity index (χ2n) is 4.41. The Labute approximate surface area is 108 Å². The molecule has 0 saturated heterocycles. The third-order valence-electron chi connectivity index (χ3n) is 3.14. The van der Waals surface area contributed by atoms with E-state index in [1.54, 1.807) is 6.26 Å². The summed E-state index contributed by atoms with van der Waals surface area (Å²) < 4.78 is 7.44. The van der Waals surface area contributed by atoms with Gasteiger partial charge in [0, 0.05) is 13.1 Å². The van der Waals surface area contributed by atoms with Gasteiger partial charge in [-0.15, -0.1) is 0 Å². The van der Waals surface area contributed by atoms with Gasteiger partial charge in [0.05, 0.1) is 23.7 Å². The summed E-state index contributed by atoms with van der Waals surface area (Å²) in [6.45, 7) is 8.07. The molecule has 0 spiro atoms. The third kappa shape index (κ3) is 2.82. The predicted octanol–water partition coefficient (Wildman–Crippen LogP) is 2.91. The Hall–Kier alpha value is -1.55. The molecule has 4 nitrogen and oxygen atoms in total. The van der Waals surface area contributed by atoms with Gasteiger partial charge < -0.3 is 9.73 Å². The van der Waals surface area contributed by atoms with Crippen LogP contribution < -0.4 is 5.32 Å². The highest BCUT2D eigenvalue weighted by molar-refractivity contribution is 5.11. The molecule has 0 fully saturated rings. The molecule has 1 unspecified atom stereocenters. The molecule has 0 aliphatic heterocycles. The summed E-state index contributed by atoms with van der Waals surface area (Å²) in [6, 6.07) is 6.29. The zero-order valence-corrected chi connectivity index (χ0v) is 11.3. The van der Waals surface area contributed by atoms with E-state index in [2.05, 4.69) is 41.9 Å². The van der Waals surface area contributed by atoms with E-state index in [9.17, 15) is 0 Å². The van der Waals surface area contributed by atoms with Crippen LogP contribution in [0.1, 0.15) is 44.0 Å². The molecule has 1 atom stereocenters. The summed E-state index contributed by atoms with van der Waals surface area (Å²) in [7, 11) is 0. The monoisotopic (exact) mass is 247 g/mol. The fourth-order valence-electron chi connectivity index (χ4n) is 2.00. The SMILES string of the molecule is CCc1cc(CNC(C)c2ccco2)n(CC)n1. The molecule has 0 aliphatic carbocycles. The van der Waals surface area contributed by atoms with Gasteiger partial charge in [-0.3, -0.25) is 4.68 Å². The Morgan fingerprint density at radius 1 is 1.44 bits per heavy atom. The Morgan fingerprint density at radius 2 is 2.28 bits per heavy atom. The molecule has 0 bridgehead atoms. The van der Waals surface area contributed by atoms with Crippen LogP contribution in [0, 0.1) is 0 Å². The van der Waals surface area contributed by atoms with Gasteiger partial charge in [-0.05, 0) is 38.5 Å². The maximum Gasteiger partial charge on any atom is 0.120 e. The molecule has 0 aliphatic rings. The van der Waals surface area contributed by atoms with Gasteiger partial charge >= 0.3 is 0 Å². The van der Waals surface area contributed by atoms with Gasteiger partial charge in [0.1, 0.15) is 5.76 Å². The van der Waals surface area contributed by atoms with E-state index in [4.69, 9.17) is 4.42 Å². The van der Waals surface area contributed by atoms with Crippen LogP contribution in [0.2, 0.25) is 0 Å². The topological polar surface area (TPSA) is 43.0 Å². The van der Waals surface area contributed by atoms with Crippen LogP contribution in [0.4, 0.5) is 0 Å². The molecular formula is C14H21N3O. The van der Waals surface area contributed by atoms with Crippen molar-refractivity contribution in [3.63, 3.8) is 0 Å². The average molecular weight is 247 g/mol. The highest BCUT2D eigenvalue weighted by Gasteiger charge is 2.10. The molecule has 2 heterocycles. The predicted molar refractivity (Wildman–Crippen MR) is 71.2 cm³/mol. The molecule has 1 N–H and O–H groups in total. The molecule has 4 heteroatoms. The van der Waals surface area contributed by atoms with Crippen molar-refractivity contribution in [2.75, 3.05) is 0 Å². The lowest BCUT2D eigenvalue weighted by atomic mass is 10.2. The van der Waals surface area contributed by atoms with Gasteiger partial charge in [-0.1, -0.05) is 6.92 Å². The summed E-state index contributed by atoms with van der Waals surface area (Å²) in [5.41, 5.74) is 2.38. The molecule has 2 rings (SSSR count). The fraction of sp³-hybridized carbons (Fsp3) is 0.500. The van der Waals surface area contributed by atoms with Gasteiger partial charge in [0.2, 0.25) is 0 Å². The number of nitrogens with zero attached hydrogens (tertiary/aromatic N) is 2. The maximum atomic E-state index is 5.38. The number of aromatic nitrogens is 2. The maximum absolute atomic E-state index is 5.38. The second kappa shape index (κ2) is 5.87. The van der Waals surface area contributed by atoms with E-state index in [1.165, 1.54) is 5.69 Å². The first-order valence-electron chi connectivity index (χ1n) is 6.57. The van der Waals surface area contributed by atoms with Crippen LogP contribution >= 0.6 is 0 Å². The van der Waals surface area contributed by atoms with Crippen molar-refractivity contribution >= 4 is 0 Å². The minimum Gasteiger partial charge on any atom is -0.468 e. The lowest BCUT2D eigenvalue weighted by Gasteiger charge is -2.11. The first-order chi connectivity index (χ1) is 8.74. The average Bonchev–Trinajstić information content (AvgIpc) is 3.04. The fourth-order valence-corrected chi connectivity index (χ4v) is 2.00. The van der Waals surface area contributed by atoms with Crippen molar-refractivity contribution in [1.82, 2.24) is 15.1 Å². The second-order valence-corrected chi connectivity index (χ2v) is 4.41. The molecular weight excluding hydrogens is 226 g/mol. The standard InChI is InChI=1S/C14H21N3O/c1-4-12-9-13(17(5-2)16-12)10-15-11(3)14-7-6-8-18-14/h6-9,11,15H,4-5,10H2,1-3H3. The lowest BCUT2D eigenvalue weighted by molar-refractivity contribution is 0.424. The zero-order valence-electron chi connectivity index (χ0n) is 11.3. The third-order valence-corrected chi connectivity index (χ3v) is 3.14. The molecule has 0 aromatic carbocycles. The van der Waals surface area contributed by atoms with Crippen molar-refractivity contribution in [1.29, 1.82) is 0 Å². The Morgan fingerprint density at radius 3 is 2.89 bits per heavy atom. The molecule has 0 radical (unpaired) electrons. The number of furan rings is 1. The van der Waals surface area contributed by atoms with Crippen LogP contribution in [-0.4, -0.2) is 9.78 Å². The van der Waals surface area contributed by atoms with Crippen molar-refractivity contribution < 1.29 is 4.42 Å². The highest BCUT2D eigenvalue weighted by Crippen LogP contribution is 2.13. The van der Waals surface area contributed by atoms with Crippen LogP contribution in [-0.2, 0) is 19.5 Å². The van der Waals surface area contributed by atoms with E-state index in [-0.39, 0.29) is 6.04 Å². The van der Waals surface area contributed by atoms with Gasteiger partial charge in [0.15, 0.2) is 0 Å². The molecule has 0 saturated carbocycles. The summed E-state index contributed by atoms with van der Waals surface area (Å²) in [5.74, 6) is 0.966. The van der Waals surface area contributed by atoms with Crippen LogP contribution in [0.5, 0.6) is 0 Å². The highest BCUT2D eigenvalue weighted by atomic mass is 16.3. The van der Waals surface area contributed by atoms with E-state index in [0.717, 1.165) is 31.0 Å². The van der Waals surface area contributed by atoms with Gasteiger partial charge in [0.25, 0.3) is 0 Å². The zero-order chi connectivity index (χ0) is 13.0. The Balaban J connectivity index is 1.99. The summed E-state index contributed by atoms with van der Waals surface area (Å²) in [6.07, 6.45) is 2.69. The number of hydrogen-bond donors (Lipinski definition) is 1. The number of rotatable bonds is 6. The Kier molecular flexibility index (Phi) is 4.20. The quantitative estimate of drug-likeness (QED) is 0.853. The van der Waals surface area contributed by atoms with E-state index in [0.29, 0.717) is 0 Å². The minimum atomic E-state index is 0.213. The molecule has 18 heavy (non-hydrogen) atoms. The first-order valence-corrected chi connectivity index (χ1v) is 6.57. The minimum absolute atomic E-state index is 0.213. The number of aryl methyl sites for hydroxylation is 2. The molecule has 2 aromatic rings. The molecule has 2 aromatic heterocycles. The van der Waals surface area contributed by atoms with Crippen LogP contribution in [0.25, 0.3) is 0 Å². The molecule has 98 valence electrons. The van der Waals surface area contributed by atoms with Gasteiger partial charge in [-0.25, -0.2) is 0 Å². The van der Waals surface area contributed by atoms with Crippen LogP contribution in [0.15, 0.2) is 28.9 Å². The van der Waals surface area contributed by atoms with Crippen LogP contribution in [0.3, 0.4) is 0 Å². The summed E-state index contributed by atoms with van der Waals surface area (Å²) in [5, 5.41) is 8.00. The van der Waals surface area contributed by atoms with Crippen molar-refractivity contribution in [3.8, 4) is 0 Å². The summed E-state index contributed by atoms with van der Waals surface area (Å²) >= 11 is 0. The number of hydrogen-bond acceptors (Lipinski definition) is 3. The first kappa shape index (κ1) is 12.9. The Bertz CT molecular complexity index is 473. The van der Waals surface area contributed by atoms with E-state index < -0.39 is 0 Å². The normalized spacial score (nSPS) is 12.8. The number of nitrogens with one attached hydrogen (secondary N) is 1. The molecule has 0 amide bonds. The smallest absolute Gasteiger partial charge is 0.120 e. The lowest BCUT2D eigenvalue weighted by Crippen LogP contribution is -2.19. The van der Waals surface area contributed by atoms with Crippen molar-refractivity contribution in [3.05, 3.63) is 41.6 Å². The van der Waals surface area contributed by atoms with Gasteiger partial charge in [-0.2, -0.15) is 5.10 Å².